The second-order valence-corrected chi connectivity index (χ2v) is 9.12. The van der Waals surface area contributed by atoms with Crippen LogP contribution in [0.2, 0.25) is 0 Å². The largest absolute Gasteiger partial charge is 0.457 e. The molecule has 39 heavy (non-hydrogen) atoms. The van der Waals surface area contributed by atoms with Crippen molar-refractivity contribution >= 4 is 23.2 Å². The second-order valence-electron chi connectivity index (χ2n) is 9.12. The van der Waals surface area contributed by atoms with Gasteiger partial charge in [-0.1, -0.05) is 6.08 Å². The number of carbonyl (C=O) groups excluding carboxylic acids is 2. The molecule has 2 aliphatic rings. The highest BCUT2D eigenvalue weighted by Crippen LogP contribution is 2.38. The van der Waals surface area contributed by atoms with Gasteiger partial charge in [0, 0.05) is 30.3 Å². The number of rotatable bonds is 7. The number of nitrogens with zero attached hydrogens (tertiary/aromatic N) is 2. The highest BCUT2D eigenvalue weighted by molar-refractivity contribution is 5.92. The minimum Gasteiger partial charge on any atom is -0.457 e. The molecule has 12 heteroatoms. The van der Waals surface area contributed by atoms with Crippen LogP contribution < -0.4 is 26.4 Å². The number of primary amides is 1. The highest BCUT2D eigenvalue weighted by Gasteiger charge is 2.32. The van der Waals surface area contributed by atoms with Crippen molar-refractivity contribution in [2.75, 3.05) is 25.0 Å². The molecule has 1 unspecified atom stereocenters. The fraction of sp³-hybridized carbons (Fsp3) is 0.259. The zero-order valence-electron chi connectivity index (χ0n) is 20.6. The molecule has 0 bridgehead atoms. The Labute approximate surface area is 221 Å². The summed E-state index contributed by atoms with van der Waals surface area (Å²) >= 11 is 0. The van der Waals surface area contributed by atoms with Gasteiger partial charge in [-0.05, 0) is 67.4 Å². The third-order valence-corrected chi connectivity index (χ3v) is 6.41. The van der Waals surface area contributed by atoms with Gasteiger partial charge >= 0.3 is 6.18 Å². The van der Waals surface area contributed by atoms with Crippen molar-refractivity contribution < 1.29 is 27.5 Å². The normalized spacial score (nSPS) is 17.4. The molecule has 2 aromatic carbocycles. The van der Waals surface area contributed by atoms with Gasteiger partial charge in [-0.25, -0.2) is 9.97 Å². The number of anilines is 1. The Kier molecular flexibility index (Phi) is 7.20. The number of hydrogen-bond acceptors (Lipinski definition) is 7. The van der Waals surface area contributed by atoms with Crippen LogP contribution >= 0.6 is 0 Å². The van der Waals surface area contributed by atoms with Gasteiger partial charge in [0.1, 0.15) is 29.1 Å². The molecule has 3 heterocycles. The average Bonchev–Trinajstić information content (AvgIpc) is 3.33. The van der Waals surface area contributed by atoms with Crippen LogP contribution in [-0.4, -0.2) is 47.5 Å². The monoisotopic (exact) mass is 538 g/mol. The Balaban J connectivity index is 1.42. The molecule has 1 aromatic heterocycles. The van der Waals surface area contributed by atoms with Gasteiger partial charge in [0.25, 0.3) is 5.91 Å². The zero-order chi connectivity index (χ0) is 27.6. The number of aromatic nitrogens is 2. The van der Waals surface area contributed by atoms with Crippen molar-refractivity contribution in [3.63, 3.8) is 0 Å². The molecule has 5 rings (SSSR count). The number of amides is 2. The van der Waals surface area contributed by atoms with E-state index < -0.39 is 23.7 Å². The van der Waals surface area contributed by atoms with Crippen LogP contribution in [-0.2, 0) is 11.0 Å². The number of benzene rings is 2. The number of ether oxygens (including phenoxy) is 1. The lowest BCUT2D eigenvalue weighted by molar-refractivity contribution is -0.137. The molecule has 5 N–H and O–H groups in total. The minimum atomic E-state index is -4.48. The summed E-state index contributed by atoms with van der Waals surface area (Å²) in [6.07, 6.45) is -1.48. The van der Waals surface area contributed by atoms with Crippen LogP contribution in [0.1, 0.15) is 34.5 Å². The predicted octanol–water partition coefficient (Wildman–Crippen LogP) is 3.73. The first-order valence-corrected chi connectivity index (χ1v) is 12.3. The van der Waals surface area contributed by atoms with E-state index in [9.17, 15) is 22.8 Å². The molecule has 2 aliphatic heterocycles. The van der Waals surface area contributed by atoms with Gasteiger partial charge in [0.15, 0.2) is 5.82 Å². The van der Waals surface area contributed by atoms with Crippen molar-refractivity contribution in [2.24, 2.45) is 5.73 Å². The van der Waals surface area contributed by atoms with E-state index in [1.54, 1.807) is 24.3 Å². The first-order valence-electron chi connectivity index (χ1n) is 12.3. The van der Waals surface area contributed by atoms with Crippen LogP contribution in [0, 0.1) is 0 Å². The van der Waals surface area contributed by atoms with Crippen LogP contribution in [0.3, 0.4) is 0 Å². The average molecular weight is 539 g/mol. The van der Waals surface area contributed by atoms with Crippen LogP contribution in [0.25, 0.3) is 17.0 Å². The Hall–Kier alpha value is -4.45. The van der Waals surface area contributed by atoms with E-state index in [0.29, 0.717) is 55.1 Å². The quantitative estimate of drug-likeness (QED) is 0.361. The molecule has 3 aromatic rings. The topological polar surface area (TPSA) is 131 Å². The van der Waals surface area contributed by atoms with Crippen molar-refractivity contribution in [3.8, 4) is 22.9 Å². The molecule has 0 radical (unpaired) electrons. The van der Waals surface area contributed by atoms with Gasteiger partial charge in [0.2, 0.25) is 5.91 Å². The maximum atomic E-state index is 13.4. The number of hydrogen-bond donors (Lipinski definition) is 4. The van der Waals surface area contributed by atoms with Crippen molar-refractivity contribution in [3.05, 3.63) is 71.4 Å². The first-order chi connectivity index (χ1) is 18.7. The van der Waals surface area contributed by atoms with Gasteiger partial charge in [-0.3, -0.25) is 9.59 Å². The van der Waals surface area contributed by atoms with E-state index >= 15 is 0 Å². The zero-order valence-corrected chi connectivity index (χ0v) is 20.6. The first kappa shape index (κ1) is 26.2. The molecule has 202 valence electrons. The van der Waals surface area contributed by atoms with Crippen LogP contribution in [0.15, 0.2) is 54.6 Å². The summed E-state index contributed by atoms with van der Waals surface area (Å²) in [6.45, 7) is 1.75. The van der Waals surface area contributed by atoms with E-state index in [2.05, 4.69) is 25.9 Å². The van der Waals surface area contributed by atoms with Crippen LogP contribution in [0.5, 0.6) is 11.5 Å². The fourth-order valence-corrected chi connectivity index (χ4v) is 4.40. The summed E-state index contributed by atoms with van der Waals surface area (Å²) in [7, 11) is 0. The standard InChI is InChI=1S/C27H25F3N6O3/c28-27(29,30)17-3-6-22(19(13-17)15-7-10-32-11-8-15)39-18-4-1-16(2-5-18)25-35-21(24(31)37)14-23(36-25)34-20-9-12-33-26(20)38/h1-7,13-14,20,32H,8-12H2,(H2,31,37)(H,33,38)(H,34,35,36). The highest BCUT2D eigenvalue weighted by atomic mass is 19.4. The molecular formula is C27H25F3N6O3. The Morgan fingerprint density at radius 3 is 2.51 bits per heavy atom. The fourth-order valence-electron chi connectivity index (χ4n) is 4.40. The number of alkyl halides is 3. The molecule has 1 saturated heterocycles. The Bertz CT molecular complexity index is 1440. The molecule has 0 saturated carbocycles. The Morgan fingerprint density at radius 1 is 1.08 bits per heavy atom. The lowest BCUT2D eigenvalue weighted by atomic mass is 9.97. The van der Waals surface area contributed by atoms with Gasteiger partial charge in [-0.2, -0.15) is 13.2 Å². The third kappa shape index (κ3) is 6.01. The van der Waals surface area contributed by atoms with Crippen molar-refractivity contribution in [1.29, 1.82) is 0 Å². The molecule has 2 amide bonds. The lowest BCUT2D eigenvalue weighted by Gasteiger charge is -2.19. The lowest BCUT2D eigenvalue weighted by Crippen LogP contribution is -2.30. The molecule has 1 atom stereocenters. The third-order valence-electron chi connectivity index (χ3n) is 6.41. The van der Waals surface area contributed by atoms with E-state index in [-0.39, 0.29) is 23.2 Å². The number of halogens is 3. The molecule has 9 nitrogen and oxygen atoms in total. The molecule has 0 aliphatic carbocycles. The van der Waals surface area contributed by atoms with E-state index in [0.717, 1.165) is 17.7 Å². The summed E-state index contributed by atoms with van der Waals surface area (Å²) in [5.74, 6) is 0.257. The Morgan fingerprint density at radius 2 is 1.87 bits per heavy atom. The minimum absolute atomic E-state index is 0.0223. The van der Waals surface area contributed by atoms with Crippen molar-refractivity contribution in [2.45, 2.75) is 25.1 Å². The summed E-state index contributed by atoms with van der Waals surface area (Å²) in [5, 5.41) is 8.88. The van der Waals surface area contributed by atoms with Gasteiger partial charge in [0.05, 0.1) is 5.56 Å². The number of carbonyl (C=O) groups is 2. The summed E-state index contributed by atoms with van der Waals surface area (Å²) in [5.41, 5.74) is 6.39. The predicted molar refractivity (Wildman–Crippen MR) is 138 cm³/mol. The van der Waals surface area contributed by atoms with Crippen LogP contribution in [0.4, 0.5) is 19.0 Å². The maximum absolute atomic E-state index is 13.4. The molecule has 1 fully saturated rings. The van der Waals surface area contributed by atoms with Crippen molar-refractivity contribution in [1.82, 2.24) is 20.6 Å². The van der Waals surface area contributed by atoms with Gasteiger partial charge in [-0.15, -0.1) is 0 Å². The van der Waals surface area contributed by atoms with Gasteiger partial charge < -0.3 is 26.4 Å². The summed E-state index contributed by atoms with van der Waals surface area (Å²) in [6, 6.07) is 10.9. The van der Waals surface area contributed by atoms with E-state index in [4.69, 9.17) is 10.5 Å². The van der Waals surface area contributed by atoms with E-state index in [1.165, 1.54) is 12.1 Å². The summed E-state index contributed by atoms with van der Waals surface area (Å²) < 4.78 is 46.2. The second kappa shape index (κ2) is 10.7. The number of nitrogens with one attached hydrogen (secondary N) is 3. The number of nitrogens with two attached hydrogens (primary N) is 1. The molecule has 0 spiro atoms. The maximum Gasteiger partial charge on any atom is 0.416 e. The summed E-state index contributed by atoms with van der Waals surface area (Å²) in [4.78, 5) is 32.5. The molecular weight excluding hydrogens is 513 g/mol. The smallest absolute Gasteiger partial charge is 0.416 e. The van der Waals surface area contributed by atoms with E-state index in [1.807, 2.05) is 6.08 Å². The SMILES string of the molecule is NC(=O)c1cc(NC2CCNC2=O)nc(-c2ccc(Oc3ccc(C(F)(F)F)cc3C3=CCNCC3)cc2)n1.